The van der Waals surface area contributed by atoms with Crippen molar-refractivity contribution in [2.45, 2.75) is 18.7 Å². The van der Waals surface area contributed by atoms with Gasteiger partial charge in [-0.1, -0.05) is 34.1 Å². The molecule has 2 aromatic rings. The first kappa shape index (κ1) is 18.8. The zero-order valence-electron chi connectivity index (χ0n) is 13.7. The number of benzene rings is 2. The minimum Gasteiger partial charge on any atom is -0.497 e. The summed E-state index contributed by atoms with van der Waals surface area (Å²) in [5, 5.41) is -0.658. The lowest BCUT2D eigenvalue weighted by Crippen LogP contribution is -2.27. The Bertz CT molecular complexity index is 791. The number of sulfonamides is 1. The molecule has 0 spiro atoms. The van der Waals surface area contributed by atoms with Gasteiger partial charge in [0.2, 0.25) is 10.0 Å². The van der Waals surface area contributed by atoms with E-state index in [0.717, 1.165) is 15.6 Å². The molecule has 5 nitrogen and oxygen atoms in total. The molecule has 7 heteroatoms. The summed E-state index contributed by atoms with van der Waals surface area (Å²) < 4.78 is 39.0. The lowest BCUT2D eigenvalue weighted by Gasteiger charge is -2.16. The highest BCUT2D eigenvalue weighted by Crippen LogP contribution is 2.26. The Balaban J connectivity index is 2.14. The van der Waals surface area contributed by atoms with Crippen molar-refractivity contribution in [3.05, 3.63) is 58.1 Å². The summed E-state index contributed by atoms with van der Waals surface area (Å²) in [6, 6.07) is 12.5. The van der Waals surface area contributed by atoms with Gasteiger partial charge in [0.1, 0.15) is 11.5 Å². The Hall–Kier alpha value is -1.57. The van der Waals surface area contributed by atoms with Gasteiger partial charge >= 0.3 is 0 Å². The van der Waals surface area contributed by atoms with Gasteiger partial charge < -0.3 is 9.47 Å². The van der Waals surface area contributed by atoms with E-state index >= 15 is 0 Å². The van der Waals surface area contributed by atoms with Gasteiger partial charge in [0, 0.05) is 22.6 Å². The van der Waals surface area contributed by atoms with E-state index < -0.39 is 15.3 Å². The largest absolute Gasteiger partial charge is 0.497 e. The van der Waals surface area contributed by atoms with E-state index in [9.17, 15) is 8.42 Å². The van der Waals surface area contributed by atoms with Gasteiger partial charge in [-0.2, -0.15) is 0 Å². The smallest absolute Gasteiger partial charge is 0.218 e. The molecule has 0 aliphatic carbocycles. The highest BCUT2D eigenvalue weighted by molar-refractivity contribution is 9.10. The molecule has 0 amide bonds. The molecule has 1 N–H and O–H groups in total. The van der Waals surface area contributed by atoms with Crippen LogP contribution < -0.4 is 14.2 Å². The molecule has 0 radical (unpaired) electrons. The van der Waals surface area contributed by atoms with Crippen LogP contribution in [0.15, 0.2) is 46.9 Å². The lowest BCUT2D eigenvalue weighted by atomic mass is 10.2. The number of nitrogens with one attached hydrogen (secondary N) is 1. The Morgan fingerprint density at radius 2 is 1.75 bits per heavy atom. The van der Waals surface area contributed by atoms with Crippen LogP contribution in [0.5, 0.6) is 11.5 Å². The first-order chi connectivity index (χ1) is 11.4. The van der Waals surface area contributed by atoms with Crippen LogP contribution in [0, 0.1) is 0 Å². The maximum atomic E-state index is 12.5. The van der Waals surface area contributed by atoms with Gasteiger partial charge in [-0.3, -0.25) is 0 Å². The first-order valence-corrected chi connectivity index (χ1v) is 9.66. The van der Waals surface area contributed by atoms with Crippen LogP contribution >= 0.6 is 15.9 Å². The first-order valence-electron chi connectivity index (χ1n) is 7.32. The molecular formula is C17H20BrNO4S. The number of ether oxygens (including phenoxy) is 2. The summed E-state index contributed by atoms with van der Waals surface area (Å²) in [7, 11) is -0.412. The van der Waals surface area contributed by atoms with Crippen LogP contribution in [0.3, 0.4) is 0 Å². The number of rotatable bonds is 7. The molecule has 2 rings (SSSR count). The molecule has 1 atom stereocenters. The molecule has 0 fully saturated rings. The maximum absolute atomic E-state index is 12.5. The van der Waals surface area contributed by atoms with Crippen molar-refractivity contribution in [3.63, 3.8) is 0 Å². The van der Waals surface area contributed by atoms with Gasteiger partial charge in [0.25, 0.3) is 0 Å². The van der Waals surface area contributed by atoms with Crippen molar-refractivity contribution in [3.8, 4) is 11.5 Å². The third-order valence-corrected chi connectivity index (χ3v) is 6.04. The van der Waals surface area contributed by atoms with Gasteiger partial charge in [-0.25, -0.2) is 13.1 Å². The molecule has 0 saturated heterocycles. The average Bonchev–Trinajstić information content (AvgIpc) is 2.59. The molecule has 24 heavy (non-hydrogen) atoms. The van der Waals surface area contributed by atoms with E-state index in [1.807, 2.05) is 12.1 Å². The van der Waals surface area contributed by atoms with E-state index in [4.69, 9.17) is 9.47 Å². The number of methoxy groups -OCH3 is 2. The predicted molar refractivity (Wildman–Crippen MR) is 97.9 cm³/mol. The van der Waals surface area contributed by atoms with Crippen LogP contribution in [-0.2, 0) is 16.6 Å². The summed E-state index contributed by atoms with van der Waals surface area (Å²) >= 11 is 3.34. The van der Waals surface area contributed by atoms with Crippen molar-refractivity contribution in [2.24, 2.45) is 0 Å². The molecule has 0 heterocycles. The summed E-state index contributed by atoms with van der Waals surface area (Å²) in [5.74, 6) is 1.23. The second kappa shape index (κ2) is 8.00. The minimum atomic E-state index is -3.52. The predicted octanol–water partition coefficient (Wildman–Crippen LogP) is 3.65. The normalized spacial score (nSPS) is 12.7. The summed E-state index contributed by atoms with van der Waals surface area (Å²) in [5.41, 5.74) is 1.47. The van der Waals surface area contributed by atoms with E-state index in [-0.39, 0.29) is 6.54 Å². The maximum Gasteiger partial charge on any atom is 0.218 e. The monoisotopic (exact) mass is 413 g/mol. The van der Waals surface area contributed by atoms with Crippen LogP contribution in [0.25, 0.3) is 0 Å². The molecule has 2 aromatic carbocycles. The summed E-state index contributed by atoms with van der Waals surface area (Å²) in [4.78, 5) is 0. The topological polar surface area (TPSA) is 64.6 Å². The Morgan fingerprint density at radius 3 is 2.33 bits per heavy atom. The zero-order valence-corrected chi connectivity index (χ0v) is 16.1. The van der Waals surface area contributed by atoms with Gasteiger partial charge in [0.05, 0.1) is 19.5 Å². The fourth-order valence-corrected chi connectivity index (χ4v) is 3.60. The summed E-state index contributed by atoms with van der Waals surface area (Å²) in [6.45, 7) is 1.81. The zero-order chi connectivity index (χ0) is 17.7. The highest BCUT2D eigenvalue weighted by atomic mass is 79.9. The molecular weight excluding hydrogens is 394 g/mol. The number of hydrogen-bond donors (Lipinski definition) is 1. The standard InChI is InChI=1S/C17H20BrNO4S/c1-12(13-4-7-15(18)8-5-13)24(20,21)19-11-14-6-9-16(22-2)10-17(14)23-3/h4-10,12,19H,11H2,1-3H3. The second-order valence-electron chi connectivity index (χ2n) is 5.24. The van der Waals surface area contributed by atoms with Crippen LogP contribution in [0.4, 0.5) is 0 Å². The second-order valence-corrected chi connectivity index (χ2v) is 8.24. The Morgan fingerprint density at radius 1 is 1.08 bits per heavy atom. The van der Waals surface area contributed by atoms with Crippen LogP contribution in [0.2, 0.25) is 0 Å². The molecule has 1 unspecified atom stereocenters. The van der Waals surface area contributed by atoms with Crippen LogP contribution in [-0.4, -0.2) is 22.6 Å². The highest BCUT2D eigenvalue weighted by Gasteiger charge is 2.22. The Kier molecular flexibility index (Phi) is 6.26. The number of hydrogen-bond acceptors (Lipinski definition) is 4. The SMILES string of the molecule is COc1ccc(CNS(=O)(=O)C(C)c2ccc(Br)cc2)c(OC)c1. The van der Waals surface area contributed by atoms with E-state index in [1.54, 1.807) is 44.4 Å². The van der Waals surface area contributed by atoms with Crippen molar-refractivity contribution in [1.29, 1.82) is 0 Å². The number of halogens is 1. The van der Waals surface area contributed by atoms with Crippen molar-refractivity contribution >= 4 is 26.0 Å². The van der Waals surface area contributed by atoms with Crippen molar-refractivity contribution in [1.82, 2.24) is 4.72 Å². The van der Waals surface area contributed by atoms with E-state index in [0.29, 0.717) is 11.5 Å². The third-order valence-electron chi connectivity index (χ3n) is 3.76. The van der Waals surface area contributed by atoms with Crippen LogP contribution in [0.1, 0.15) is 23.3 Å². The van der Waals surface area contributed by atoms with Gasteiger partial charge in [0.15, 0.2) is 0 Å². The van der Waals surface area contributed by atoms with Gasteiger partial charge in [-0.05, 0) is 30.7 Å². The molecule has 130 valence electrons. The minimum absolute atomic E-state index is 0.149. The summed E-state index contributed by atoms with van der Waals surface area (Å²) in [6.07, 6.45) is 0. The third kappa shape index (κ3) is 4.49. The molecule has 0 aliphatic rings. The van der Waals surface area contributed by atoms with E-state index in [2.05, 4.69) is 20.7 Å². The average molecular weight is 414 g/mol. The molecule has 0 aliphatic heterocycles. The molecule has 0 saturated carbocycles. The Labute approximate surface area is 151 Å². The van der Waals surface area contributed by atoms with Crippen molar-refractivity contribution < 1.29 is 17.9 Å². The van der Waals surface area contributed by atoms with E-state index in [1.165, 1.54) is 7.11 Å². The van der Waals surface area contributed by atoms with Gasteiger partial charge in [-0.15, -0.1) is 0 Å². The molecule has 0 aromatic heterocycles. The lowest BCUT2D eigenvalue weighted by molar-refractivity contribution is 0.390. The fourth-order valence-electron chi connectivity index (χ4n) is 2.21. The fraction of sp³-hybridized carbons (Fsp3) is 0.294. The quantitative estimate of drug-likeness (QED) is 0.752. The molecule has 0 bridgehead atoms. The van der Waals surface area contributed by atoms with Crippen molar-refractivity contribution in [2.75, 3.05) is 14.2 Å².